The van der Waals surface area contributed by atoms with Crippen LogP contribution in [0.25, 0.3) is 6.08 Å². The zero-order valence-electron chi connectivity index (χ0n) is 15.0. The molecule has 3 rings (SSSR count). The van der Waals surface area contributed by atoms with Crippen LogP contribution < -0.4 is 10.1 Å². The Bertz CT molecular complexity index is 826. The lowest BCUT2D eigenvalue weighted by Gasteiger charge is -2.12. The third kappa shape index (κ3) is 5.85. The first kappa shape index (κ1) is 19.9. The van der Waals surface area contributed by atoms with Crippen LogP contribution >= 0.6 is 0 Å². The molecule has 0 spiro atoms. The van der Waals surface area contributed by atoms with Crippen LogP contribution in [0.1, 0.15) is 24.0 Å². The summed E-state index contributed by atoms with van der Waals surface area (Å²) in [6, 6.07) is 11.6. The van der Waals surface area contributed by atoms with Crippen LogP contribution in [-0.2, 0) is 15.7 Å². The van der Waals surface area contributed by atoms with E-state index in [0.29, 0.717) is 23.6 Å². The molecule has 7 heteroatoms. The molecular weight excluding hydrogens is 371 g/mol. The number of rotatable bonds is 6. The highest BCUT2D eigenvalue weighted by Crippen LogP contribution is 2.29. The summed E-state index contributed by atoms with van der Waals surface area (Å²) < 4.78 is 48.9. The van der Waals surface area contributed by atoms with Gasteiger partial charge in [0.25, 0.3) is 0 Å². The van der Waals surface area contributed by atoms with E-state index < -0.39 is 17.6 Å². The Morgan fingerprint density at radius 2 is 2.00 bits per heavy atom. The topological polar surface area (TPSA) is 47.6 Å². The number of anilines is 1. The number of halogens is 3. The van der Waals surface area contributed by atoms with Crippen molar-refractivity contribution in [1.82, 2.24) is 0 Å². The molecule has 4 nitrogen and oxygen atoms in total. The summed E-state index contributed by atoms with van der Waals surface area (Å²) >= 11 is 0. The number of hydrogen-bond donors (Lipinski definition) is 1. The maximum atomic E-state index is 12.6. The molecule has 0 radical (unpaired) electrons. The largest absolute Gasteiger partial charge is 0.491 e. The van der Waals surface area contributed by atoms with Gasteiger partial charge in [-0.1, -0.05) is 18.2 Å². The van der Waals surface area contributed by atoms with Gasteiger partial charge in [-0.15, -0.1) is 0 Å². The second-order valence-corrected chi connectivity index (χ2v) is 6.42. The second-order valence-electron chi connectivity index (χ2n) is 6.42. The molecule has 1 aliphatic heterocycles. The molecule has 1 unspecified atom stereocenters. The van der Waals surface area contributed by atoms with Crippen molar-refractivity contribution in [2.75, 3.05) is 18.5 Å². The van der Waals surface area contributed by atoms with E-state index in [1.807, 2.05) is 0 Å². The first-order valence-corrected chi connectivity index (χ1v) is 8.91. The number of hydrogen-bond acceptors (Lipinski definition) is 3. The smallest absolute Gasteiger partial charge is 0.416 e. The molecule has 28 heavy (non-hydrogen) atoms. The quantitative estimate of drug-likeness (QED) is 0.712. The van der Waals surface area contributed by atoms with E-state index >= 15 is 0 Å². The van der Waals surface area contributed by atoms with Crippen LogP contribution in [-0.4, -0.2) is 25.2 Å². The highest BCUT2D eigenvalue weighted by Gasteiger charge is 2.29. The van der Waals surface area contributed by atoms with Crippen LogP contribution in [0.4, 0.5) is 18.9 Å². The van der Waals surface area contributed by atoms with Crippen molar-refractivity contribution in [2.24, 2.45) is 0 Å². The van der Waals surface area contributed by atoms with Crippen molar-refractivity contribution < 1.29 is 27.4 Å². The molecule has 1 fully saturated rings. The highest BCUT2D eigenvalue weighted by molar-refractivity contribution is 6.02. The Balaban J connectivity index is 1.54. The number of carbonyl (C=O) groups is 1. The van der Waals surface area contributed by atoms with E-state index in [2.05, 4.69) is 5.32 Å². The van der Waals surface area contributed by atoms with Gasteiger partial charge >= 0.3 is 6.18 Å². The molecule has 1 N–H and O–H groups in total. The predicted octanol–water partition coefficient (Wildman–Crippen LogP) is 4.92. The van der Waals surface area contributed by atoms with Crippen LogP contribution in [0, 0.1) is 0 Å². The highest BCUT2D eigenvalue weighted by atomic mass is 19.4. The normalized spacial score (nSPS) is 17.0. The monoisotopic (exact) mass is 391 g/mol. The zero-order valence-corrected chi connectivity index (χ0v) is 15.0. The fraction of sp³-hybridized carbons (Fsp3) is 0.286. The molecule has 1 atom stereocenters. The van der Waals surface area contributed by atoms with Crippen molar-refractivity contribution in [3.05, 3.63) is 65.7 Å². The lowest BCUT2D eigenvalue weighted by Crippen LogP contribution is -2.16. The molecule has 1 saturated heterocycles. The Morgan fingerprint density at radius 3 is 2.68 bits per heavy atom. The lowest BCUT2D eigenvalue weighted by molar-refractivity contribution is -0.137. The van der Waals surface area contributed by atoms with Crippen LogP contribution in [0.15, 0.2) is 54.6 Å². The van der Waals surface area contributed by atoms with Gasteiger partial charge in [0.05, 0.1) is 11.7 Å². The van der Waals surface area contributed by atoms with Gasteiger partial charge in [-0.05, 0) is 48.7 Å². The Morgan fingerprint density at radius 1 is 1.21 bits per heavy atom. The summed E-state index contributed by atoms with van der Waals surface area (Å²) in [6.07, 6.45) is 0.456. The Kier molecular flexibility index (Phi) is 6.36. The number of amides is 1. The minimum absolute atomic E-state index is 0.102. The fourth-order valence-electron chi connectivity index (χ4n) is 2.77. The third-order valence-corrected chi connectivity index (χ3v) is 4.23. The minimum Gasteiger partial charge on any atom is -0.491 e. The molecule has 0 aromatic heterocycles. The predicted molar refractivity (Wildman–Crippen MR) is 100 cm³/mol. The van der Waals surface area contributed by atoms with Crippen LogP contribution in [0.5, 0.6) is 5.75 Å². The van der Waals surface area contributed by atoms with Gasteiger partial charge in [-0.3, -0.25) is 4.79 Å². The third-order valence-electron chi connectivity index (χ3n) is 4.23. The van der Waals surface area contributed by atoms with Gasteiger partial charge in [0.2, 0.25) is 5.91 Å². The maximum Gasteiger partial charge on any atom is 0.416 e. The molecule has 2 aromatic carbocycles. The maximum absolute atomic E-state index is 12.6. The Labute approximate surface area is 161 Å². The van der Waals surface area contributed by atoms with Crippen molar-refractivity contribution in [3.63, 3.8) is 0 Å². The minimum atomic E-state index is -4.38. The number of ether oxygens (including phenoxy) is 2. The van der Waals surface area contributed by atoms with Gasteiger partial charge in [0, 0.05) is 24.4 Å². The molecule has 2 aromatic rings. The van der Waals surface area contributed by atoms with Crippen LogP contribution in [0.2, 0.25) is 0 Å². The van der Waals surface area contributed by atoms with Crippen molar-refractivity contribution in [2.45, 2.75) is 25.1 Å². The first-order chi connectivity index (χ1) is 13.4. The molecule has 0 bridgehead atoms. The van der Waals surface area contributed by atoms with Gasteiger partial charge in [0.1, 0.15) is 12.4 Å². The van der Waals surface area contributed by atoms with E-state index in [1.165, 1.54) is 24.3 Å². The average Bonchev–Trinajstić information content (AvgIpc) is 3.18. The number of alkyl halides is 3. The van der Waals surface area contributed by atoms with E-state index in [4.69, 9.17) is 9.47 Å². The fourth-order valence-corrected chi connectivity index (χ4v) is 2.77. The summed E-state index contributed by atoms with van der Waals surface area (Å²) in [5, 5.41) is 2.70. The van der Waals surface area contributed by atoms with E-state index in [0.717, 1.165) is 31.6 Å². The lowest BCUT2D eigenvalue weighted by atomic mass is 10.1. The molecule has 1 amide bonds. The van der Waals surface area contributed by atoms with Crippen molar-refractivity contribution in [3.8, 4) is 5.75 Å². The summed E-state index contributed by atoms with van der Waals surface area (Å²) in [6.45, 7) is 1.22. The van der Waals surface area contributed by atoms with Crippen molar-refractivity contribution >= 4 is 17.7 Å². The second kappa shape index (κ2) is 8.93. The van der Waals surface area contributed by atoms with Crippen LogP contribution in [0.3, 0.4) is 0 Å². The molecule has 1 heterocycles. The van der Waals surface area contributed by atoms with Gasteiger partial charge in [0.15, 0.2) is 0 Å². The Hall–Kier alpha value is -2.80. The average molecular weight is 391 g/mol. The standard InChI is InChI=1S/C21H20F3NO3/c22-21(23,24)16-9-6-15(7-10-16)8-11-20(26)25-17-3-1-4-18(13-17)28-14-19-5-2-12-27-19/h1,3-4,6-11,13,19H,2,5,12,14H2,(H,25,26)/b11-8+. The number of benzene rings is 2. The van der Waals surface area contributed by atoms with Gasteiger partial charge < -0.3 is 14.8 Å². The number of nitrogens with one attached hydrogen (secondary N) is 1. The van der Waals surface area contributed by atoms with E-state index in [-0.39, 0.29) is 6.10 Å². The SMILES string of the molecule is O=C(/C=C/c1ccc(C(F)(F)F)cc1)Nc1cccc(OCC2CCCO2)c1. The van der Waals surface area contributed by atoms with E-state index in [1.54, 1.807) is 24.3 Å². The molecular formula is C21H20F3NO3. The molecule has 0 saturated carbocycles. The number of carbonyl (C=O) groups excluding carboxylic acids is 1. The van der Waals surface area contributed by atoms with Gasteiger partial charge in [-0.2, -0.15) is 13.2 Å². The summed E-state index contributed by atoms with van der Waals surface area (Å²) in [7, 11) is 0. The van der Waals surface area contributed by atoms with Gasteiger partial charge in [-0.25, -0.2) is 0 Å². The summed E-state index contributed by atoms with van der Waals surface area (Å²) in [5.41, 5.74) is 0.331. The zero-order chi connectivity index (χ0) is 20.0. The van der Waals surface area contributed by atoms with Crippen molar-refractivity contribution in [1.29, 1.82) is 0 Å². The first-order valence-electron chi connectivity index (χ1n) is 8.91. The molecule has 148 valence electrons. The molecule has 1 aliphatic rings. The molecule has 0 aliphatic carbocycles. The summed E-state index contributed by atoms with van der Waals surface area (Å²) in [4.78, 5) is 12.1. The summed E-state index contributed by atoms with van der Waals surface area (Å²) in [5.74, 6) is 0.233. The van der Waals surface area contributed by atoms with E-state index in [9.17, 15) is 18.0 Å².